The first-order chi connectivity index (χ1) is 8.52. The van der Waals surface area contributed by atoms with Gasteiger partial charge in [0.2, 0.25) is 0 Å². The van der Waals surface area contributed by atoms with Gasteiger partial charge in [-0.3, -0.25) is 4.79 Å². The Labute approximate surface area is 103 Å². The molecule has 1 heterocycles. The van der Waals surface area contributed by atoms with Crippen LogP contribution in [0.2, 0.25) is 0 Å². The average molecular weight is 257 g/mol. The molecule has 2 unspecified atom stereocenters. The third-order valence-electron chi connectivity index (χ3n) is 3.42. The van der Waals surface area contributed by atoms with Gasteiger partial charge in [-0.1, -0.05) is 6.92 Å². The number of nitrogens with one attached hydrogen (secondary N) is 1. The Bertz CT molecular complexity index is 476. The standard InChI is InChI=1S/C13H14F3NO/c1-7-6-17-5-4-8(7)13(18)9-2-3-10(14)12(16)11(9)15/h2-3,7-8,17H,4-6H2,1H3. The van der Waals surface area contributed by atoms with Crippen molar-refractivity contribution in [2.75, 3.05) is 13.1 Å². The Morgan fingerprint density at radius 2 is 2.00 bits per heavy atom. The molecule has 2 nitrogen and oxygen atoms in total. The minimum absolute atomic E-state index is 0.0544. The van der Waals surface area contributed by atoms with E-state index in [0.717, 1.165) is 12.1 Å². The highest BCUT2D eigenvalue weighted by Crippen LogP contribution is 2.26. The molecule has 5 heteroatoms. The summed E-state index contributed by atoms with van der Waals surface area (Å²) in [6.07, 6.45) is 0.582. The van der Waals surface area contributed by atoms with Gasteiger partial charge in [0.25, 0.3) is 0 Å². The molecular formula is C13H14F3NO. The largest absolute Gasteiger partial charge is 0.316 e. The molecule has 2 atom stereocenters. The van der Waals surface area contributed by atoms with Gasteiger partial charge in [0.1, 0.15) is 0 Å². The summed E-state index contributed by atoms with van der Waals surface area (Å²) in [5.41, 5.74) is -0.354. The zero-order valence-corrected chi connectivity index (χ0v) is 9.97. The van der Waals surface area contributed by atoms with Crippen LogP contribution in [0.3, 0.4) is 0 Å². The van der Waals surface area contributed by atoms with Crippen LogP contribution in [0.1, 0.15) is 23.7 Å². The Kier molecular flexibility index (Phi) is 3.71. The number of carbonyl (C=O) groups excluding carboxylic acids is 1. The molecule has 1 N–H and O–H groups in total. The van der Waals surface area contributed by atoms with E-state index in [2.05, 4.69) is 5.32 Å². The van der Waals surface area contributed by atoms with Crippen molar-refractivity contribution < 1.29 is 18.0 Å². The number of rotatable bonds is 2. The minimum atomic E-state index is -1.58. The predicted molar refractivity (Wildman–Crippen MR) is 60.8 cm³/mol. The van der Waals surface area contributed by atoms with Gasteiger partial charge in [-0.25, -0.2) is 13.2 Å². The van der Waals surface area contributed by atoms with Crippen LogP contribution in [-0.4, -0.2) is 18.9 Å². The molecule has 1 aromatic carbocycles. The van der Waals surface area contributed by atoms with Gasteiger partial charge in [0.05, 0.1) is 5.56 Å². The second kappa shape index (κ2) is 5.10. The number of piperidine rings is 1. The van der Waals surface area contributed by atoms with Crippen molar-refractivity contribution in [3.63, 3.8) is 0 Å². The first-order valence-corrected chi connectivity index (χ1v) is 5.90. The highest BCUT2D eigenvalue weighted by Gasteiger charge is 2.31. The summed E-state index contributed by atoms with van der Waals surface area (Å²) in [6, 6.07) is 1.81. The molecule has 0 amide bonds. The molecule has 1 aromatic rings. The van der Waals surface area contributed by atoms with Gasteiger partial charge >= 0.3 is 0 Å². The van der Waals surface area contributed by atoms with Gasteiger partial charge in [0, 0.05) is 5.92 Å². The molecule has 1 aliphatic heterocycles. The molecular weight excluding hydrogens is 243 g/mol. The maximum atomic E-state index is 13.5. The number of halogens is 3. The van der Waals surface area contributed by atoms with Gasteiger partial charge in [-0.05, 0) is 37.6 Å². The molecule has 18 heavy (non-hydrogen) atoms. The number of benzene rings is 1. The summed E-state index contributed by atoms with van der Waals surface area (Å²) in [6.45, 7) is 3.22. The Morgan fingerprint density at radius 3 is 2.67 bits per heavy atom. The van der Waals surface area contributed by atoms with Crippen LogP contribution in [0.4, 0.5) is 13.2 Å². The summed E-state index contributed by atoms with van der Waals surface area (Å²) < 4.78 is 39.5. The number of hydrogen-bond acceptors (Lipinski definition) is 2. The number of ketones is 1. The van der Waals surface area contributed by atoms with E-state index >= 15 is 0 Å². The van der Waals surface area contributed by atoms with Gasteiger partial charge < -0.3 is 5.32 Å². The normalized spacial score (nSPS) is 24.0. The molecule has 0 aromatic heterocycles. The number of carbonyl (C=O) groups is 1. The van der Waals surface area contributed by atoms with Crippen LogP contribution >= 0.6 is 0 Å². The highest BCUT2D eigenvalue weighted by molar-refractivity contribution is 5.98. The molecule has 0 saturated carbocycles. The fourth-order valence-electron chi connectivity index (χ4n) is 2.32. The molecule has 0 radical (unpaired) electrons. The lowest BCUT2D eigenvalue weighted by molar-refractivity contribution is 0.0842. The molecule has 2 rings (SSSR count). The van der Waals surface area contributed by atoms with Gasteiger partial charge in [0.15, 0.2) is 23.2 Å². The van der Waals surface area contributed by atoms with Crippen molar-refractivity contribution in [2.45, 2.75) is 13.3 Å². The van der Waals surface area contributed by atoms with E-state index in [1.54, 1.807) is 0 Å². The molecule has 0 spiro atoms. The van der Waals surface area contributed by atoms with Crippen molar-refractivity contribution in [2.24, 2.45) is 11.8 Å². The summed E-state index contributed by atoms with van der Waals surface area (Å²) >= 11 is 0. The lowest BCUT2D eigenvalue weighted by Crippen LogP contribution is -2.39. The summed E-state index contributed by atoms with van der Waals surface area (Å²) in [4.78, 5) is 12.1. The Morgan fingerprint density at radius 1 is 1.28 bits per heavy atom. The fraction of sp³-hybridized carbons (Fsp3) is 0.462. The van der Waals surface area contributed by atoms with Crippen molar-refractivity contribution in [1.82, 2.24) is 5.32 Å². The average Bonchev–Trinajstić information content (AvgIpc) is 2.36. The molecule has 1 saturated heterocycles. The van der Waals surface area contributed by atoms with Gasteiger partial charge in [-0.2, -0.15) is 0 Å². The van der Waals surface area contributed by atoms with Crippen LogP contribution in [0, 0.1) is 29.3 Å². The lowest BCUT2D eigenvalue weighted by atomic mass is 9.82. The first kappa shape index (κ1) is 13.1. The van der Waals surface area contributed by atoms with Crippen molar-refractivity contribution in [3.05, 3.63) is 35.1 Å². The van der Waals surface area contributed by atoms with Crippen LogP contribution in [0.5, 0.6) is 0 Å². The van der Waals surface area contributed by atoms with E-state index in [1.807, 2.05) is 6.92 Å². The van der Waals surface area contributed by atoms with Crippen molar-refractivity contribution in [3.8, 4) is 0 Å². The quantitative estimate of drug-likeness (QED) is 0.651. The molecule has 1 aliphatic rings. The smallest absolute Gasteiger partial charge is 0.195 e. The molecule has 0 aliphatic carbocycles. The Balaban J connectivity index is 2.31. The summed E-state index contributed by atoms with van der Waals surface area (Å²) in [7, 11) is 0. The number of hydrogen-bond donors (Lipinski definition) is 1. The summed E-state index contributed by atoms with van der Waals surface area (Å²) in [5, 5.41) is 3.13. The second-order valence-electron chi connectivity index (χ2n) is 4.66. The van der Waals surface area contributed by atoms with E-state index in [4.69, 9.17) is 0 Å². The zero-order valence-electron chi connectivity index (χ0n) is 9.97. The SMILES string of the molecule is CC1CNCCC1C(=O)c1ccc(F)c(F)c1F. The highest BCUT2D eigenvalue weighted by atomic mass is 19.2. The molecule has 98 valence electrons. The van der Waals surface area contributed by atoms with E-state index in [-0.39, 0.29) is 17.4 Å². The monoisotopic (exact) mass is 257 g/mol. The zero-order chi connectivity index (χ0) is 13.3. The minimum Gasteiger partial charge on any atom is -0.316 e. The van der Waals surface area contributed by atoms with E-state index < -0.39 is 23.2 Å². The van der Waals surface area contributed by atoms with Crippen LogP contribution < -0.4 is 5.32 Å². The third-order valence-corrected chi connectivity index (χ3v) is 3.42. The molecule has 1 fully saturated rings. The van der Waals surface area contributed by atoms with Crippen LogP contribution in [0.25, 0.3) is 0 Å². The maximum absolute atomic E-state index is 13.5. The lowest BCUT2D eigenvalue weighted by Gasteiger charge is -2.28. The fourth-order valence-corrected chi connectivity index (χ4v) is 2.32. The van der Waals surface area contributed by atoms with Gasteiger partial charge in [-0.15, -0.1) is 0 Å². The van der Waals surface area contributed by atoms with Crippen LogP contribution in [-0.2, 0) is 0 Å². The van der Waals surface area contributed by atoms with E-state index in [0.29, 0.717) is 19.5 Å². The van der Waals surface area contributed by atoms with E-state index in [1.165, 1.54) is 0 Å². The number of Topliss-reactive ketones (excluding diaryl/α,β-unsaturated/α-hetero) is 1. The molecule has 0 bridgehead atoms. The summed E-state index contributed by atoms with van der Waals surface area (Å²) in [5.74, 6) is -4.97. The van der Waals surface area contributed by atoms with Crippen molar-refractivity contribution in [1.29, 1.82) is 0 Å². The van der Waals surface area contributed by atoms with Crippen molar-refractivity contribution >= 4 is 5.78 Å². The second-order valence-corrected chi connectivity index (χ2v) is 4.66. The maximum Gasteiger partial charge on any atom is 0.195 e. The van der Waals surface area contributed by atoms with E-state index in [9.17, 15) is 18.0 Å². The van der Waals surface area contributed by atoms with Crippen LogP contribution in [0.15, 0.2) is 12.1 Å². The topological polar surface area (TPSA) is 29.1 Å². The third kappa shape index (κ3) is 2.27. The predicted octanol–water partition coefficient (Wildman–Crippen LogP) is 2.53. The first-order valence-electron chi connectivity index (χ1n) is 5.90. The Hall–Kier alpha value is -1.36.